The predicted molar refractivity (Wildman–Crippen MR) is 184 cm³/mol. The van der Waals surface area contributed by atoms with Crippen LogP contribution in [0.2, 0.25) is 0 Å². The Balaban J connectivity index is 1.29. The Hall–Kier alpha value is -5.06. The van der Waals surface area contributed by atoms with E-state index in [-0.39, 0.29) is 45.4 Å². The molecule has 2 heterocycles. The molecule has 0 spiro atoms. The fourth-order valence-electron chi connectivity index (χ4n) is 5.75. The number of methoxy groups -OCH3 is 5. The van der Waals surface area contributed by atoms with Gasteiger partial charge in [-0.1, -0.05) is 0 Å². The van der Waals surface area contributed by atoms with Gasteiger partial charge in [0.2, 0.25) is 27.0 Å². The highest BCUT2D eigenvalue weighted by Gasteiger charge is 2.29. The van der Waals surface area contributed by atoms with Gasteiger partial charge in [0.15, 0.2) is 17.3 Å². The van der Waals surface area contributed by atoms with E-state index in [0.717, 1.165) is 0 Å². The number of hydrogen-bond donors (Lipinski definition) is 0. The predicted octanol–water partition coefficient (Wildman–Crippen LogP) is 4.58. The van der Waals surface area contributed by atoms with Crippen LogP contribution in [0.5, 0.6) is 34.5 Å². The largest absolute Gasteiger partial charge is 0.496 e. The van der Waals surface area contributed by atoms with E-state index in [4.69, 9.17) is 32.8 Å². The molecule has 1 aliphatic heterocycles. The third-order valence-corrected chi connectivity index (χ3v) is 10.3. The summed E-state index contributed by atoms with van der Waals surface area (Å²) >= 11 is 0. The van der Waals surface area contributed by atoms with Gasteiger partial charge in [-0.3, -0.25) is 14.9 Å². The number of ether oxygens (including phenoxy) is 6. The fourth-order valence-corrected chi connectivity index (χ4v) is 7.17. The lowest BCUT2D eigenvalue weighted by Gasteiger charge is -2.33. The first-order valence-electron chi connectivity index (χ1n) is 15.7. The second-order valence-electron chi connectivity index (χ2n) is 11.3. The second kappa shape index (κ2) is 15.7. The monoisotopic (exact) mass is 713 g/mol. The molecule has 0 saturated carbocycles. The van der Waals surface area contributed by atoms with Crippen molar-refractivity contribution >= 4 is 26.7 Å². The molecule has 1 aliphatic rings. The molecule has 4 aromatic rings. The lowest BCUT2D eigenvalue weighted by atomic mass is 10.1. The summed E-state index contributed by atoms with van der Waals surface area (Å²) in [6.07, 6.45) is 1.31. The third-order valence-electron chi connectivity index (χ3n) is 8.41. The van der Waals surface area contributed by atoms with Crippen molar-refractivity contribution in [3.63, 3.8) is 0 Å². The molecule has 268 valence electrons. The SMILES string of the molecule is COc1cc(OC)c2c(=O)c(OCCCCN3CCN(S(=O)(=O)c4ccc([N+](=O)[O-])cc4)CC3)c(-c3cc(OC)c(OC)c(OC)c3)oc2c1. The van der Waals surface area contributed by atoms with E-state index in [1.165, 1.54) is 64.1 Å². The molecular formula is C34H39N3O12S. The van der Waals surface area contributed by atoms with Gasteiger partial charge in [-0.15, -0.1) is 0 Å². The lowest BCUT2D eigenvalue weighted by molar-refractivity contribution is -0.384. The van der Waals surface area contributed by atoms with Crippen LogP contribution < -0.4 is 33.8 Å². The smallest absolute Gasteiger partial charge is 0.269 e. The Morgan fingerprint density at radius 2 is 1.44 bits per heavy atom. The minimum absolute atomic E-state index is 0.0136. The van der Waals surface area contributed by atoms with Gasteiger partial charge in [0.25, 0.3) is 5.69 Å². The number of non-ortho nitro benzene ring substituents is 1. The van der Waals surface area contributed by atoms with E-state index < -0.39 is 20.4 Å². The van der Waals surface area contributed by atoms with Crippen LogP contribution >= 0.6 is 0 Å². The maximum atomic E-state index is 14.0. The zero-order chi connectivity index (χ0) is 36.0. The highest BCUT2D eigenvalue weighted by molar-refractivity contribution is 7.89. The van der Waals surface area contributed by atoms with Gasteiger partial charge in [-0.05, 0) is 43.7 Å². The number of unbranched alkanes of at least 4 members (excludes halogenated alkanes) is 1. The van der Waals surface area contributed by atoms with Gasteiger partial charge in [0.1, 0.15) is 22.5 Å². The molecule has 0 radical (unpaired) electrons. The van der Waals surface area contributed by atoms with Crippen LogP contribution in [-0.4, -0.2) is 97.4 Å². The zero-order valence-corrected chi connectivity index (χ0v) is 29.2. The molecule has 0 atom stereocenters. The highest BCUT2D eigenvalue weighted by Crippen LogP contribution is 2.44. The number of hydrogen-bond acceptors (Lipinski definition) is 13. The topological polar surface area (TPSA) is 169 Å². The molecule has 0 aliphatic carbocycles. The van der Waals surface area contributed by atoms with E-state index in [2.05, 4.69) is 4.90 Å². The Kier molecular flexibility index (Phi) is 11.3. The summed E-state index contributed by atoms with van der Waals surface area (Å²) in [5.74, 6) is 1.94. The van der Waals surface area contributed by atoms with Crippen LogP contribution in [0.25, 0.3) is 22.3 Å². The number of fused-ring (bicyclic) bond motifs is 1. The Labute approximate surface area is 289 Å². The number of nitro benzene ring substituents is 1. The number of sulfonamides is 1. The minimum atomic E-state index is -3.77. The molecule has 5 rings (SSSR count). The first-order chi connectivity index (χ1) is 24.1. The minimum Gasteiger partial charge on any atom is -0.496 e. The standard InChI is InChI=1S/C34H39N3O12S/c1-43-24-20-26(44-2)30-27(21-24)49-32(22-18-28(45-3)33(47-5)29(19-22)46-4)34(31(30)38)48-17-7-6-12-35-13-15-36(16-14-35)50(41,42)25-10-8-23(9-11-25)37(39)40/h8-11,18-21H,6-7,12-17H2,1-5H3. The number of nitrogens with zero attached hydrogens (tertiary/aromatic N) is 3. The quantitative estimate of drug-likeness (QED) is 0.0955. The first kappa shape index (κ1) is 36.2. The number of benzene rings is 3. The molecule has 0 bridgehead atoms. The van der Waals surface area contributed by atoms with Crippen LogP contribution in [0.1, 0.15) is 12.8 Å². The van der Waals surface area contributed by atoms with Crippen molar-refractivity contribution in [2.75, 3.05) is 74.9 Å². The van der Waals surface area contributed by atoms with Crippen molar-refractivity contribution in [3.05, 3.63) is 68.9 Å². The summed E-state index contributed by atoms with van der Waals surface area (Å²) in [6.45, 7) is 2.51. The van der Waals surface area contributed by atoms with Crippen LogP contribution in [-0.2, 0) is 10.0 Å². The summed E-state index contributed by atoms with van der Waals surface area (Å²) < 4.78 is 67.5. The molecule has 3 aromatic carbocycles. The molecule has 0 unspecified atom stereocenters. The Morgan fingerprint density at radius 1 is 0.800 bits per heavy atom. The molecule has 1 fully saturated rings. The number of nitro groups is 1. The molecule has 0 amide bonds. The van der Waals surface area contributed by atoms with Crippen molar-refractivity contribution in [1.29, 1.82) is 0 Å². The van der Waals surface area contributed by atoms with Crippen LogP contribution in [0.3, 0.4) is 0 Å². The summed E-state index contributed by atoms with van der Waals surface area (Å²) in [4.78, 5) is 26.6. The average molecular weight is 714 g/mol. The summed E-state index contributed by atoms with van der Waals surface area (Å²) in [6, 6.07) is 11.4. The molecule has 16 heteroatoms. The number of piperazine rings is 1. The number of rotatable bonds is 15. The highest BCUT2D eigenvalue weighted by atomic mass is 32.2. The molecular weight excluding hydrogens is 674 g/mol. The van der Waals surface area contributed by atoms with Gasteiger partial charge in [-0.2, -0.15) is 4.31 Å². The lowest BCUT2D eigenvalue weighted by Crippen LogP contribution is -2.48. The Morgan fingerprint density at radius 3 is 2.00 bits per heavy atom. The normalized spacial score (nSPS) is 13.9. The van der Waals surface area contributed by atoms with Gasteiger partial charge in [-0.25, -0.2) is 8.42 Å². The van der Waals surface area contributed by atoms with Crippen molar-refractivity contribution < 1.29 is 46.2 Å². The van der Waals surface area contributed by atoms with E-state index in [0.29, 0.717) is 74.1 Å². The molecule has 50 heavy (non-hydrogen) atoms. The maximum absolute atomic E-state index is 14.0. The third kappa shape index (κ3) is 7.41. The second-order valence-corrected chi connectivity index (χ2v) is 13.2. The molecule has 1 aromatic heterocycles. The summed E-state index contributed by atoms with van der Waals surface area (Å²) in [5.41, 5.74) is 0.0887. The fraction of sp³-hybridized carbons (Fsp3) is 0.382. The van der Waals surface area contributed by atoms with Crippen molar-refractivity contribution in [2.45, 2.75) is 17.7 Å². The van der Waals surface area contributed by atoms with Gasteiger partial charge in [0.05, 0.1) is 52.0 Å². The van der Waals surface area contributed by atoms with E-state index in [1.807, 2.05) is 0 Å². The Bertz CT molecular complexity index is 1980. The van der Waals surface area contributed by atoms with E-state index >= 15 is 0 Å². The maximum Gasteiger partial charge on any atom is 0.269 e. The van der Waals surface area contributed by atoms with Crippen molar-refractivity contribution in [3.8, 4) is 45.8 Å². The van der Waals surface area contributed by atoms with Gasteiger partial charge in [0, 0.05) is 56.0 Å². The van der Waals surface area contributed by atoms with Crippen molar-refractivity contribution in [2.24, 2.45) is 0 Å². The van der Waals surface area contributed by atoms with Crippen LogP contribution in [0, 0.1) is 10.1 Å². The molecule has 15 nitrogen and oxygen atoms in total. The van der Waals surface area contributed by atoms with Crippen LogP contribution in [0.15, 0.2) is 62.6 Å². The van der Waals surface area contributed by atoms with Crippen LogP contribution in [0.4, 0.5) is 5.69 Å². The van der Waals surface area contributed by atoms with Gasteiger partial charge < -0.3 is 37.7 Å². The summed E-state index contributed by atoms with van der Waals surface area (Å²) in [5, 5.41) is 11.1. The van der Waals surface area contributed by atoms with Gasteiger partial charge >= 0.3 is 0 Å². The van der Waals surface area contributed by atoms with E-state index in [9.17, 15) is 23.3 Å². The van der Waals surface area contributed by atoms with E-state index in [1.54, 1.807) is 24.3 Å². The molecule has 0 N–H and O–H groups in total. The zero-order valence-electron chi connectivity index (χ0n) is 28.4. The average Bonchev–Trinajstić information content (AvgIpc) is 3.14. The van der Waals surface area contributed by atoms with Crippen molar-refractivity contribution in [1.82, 2.24) is 9.21 Å². The summed E-state index contributed by atoms with van der Waals surface area (Å²) in [7, 11) is 3.65. The molecule has 1 saturated heterocycles. The first-order valence-corrected chi connectivity index (χ1v) is 17.1.